The van der Waals surface area contributed by atoms with Crippen molar-refractivity contribution in [3.05, 3.63) is 80.5 Å². The molecule has 0 bridgehead atoms. The number of benzene rings is 2. The molecule has 0 aliphatic heterocycles. The Bertz CT molecular complexity index is 1450. The molecule has 0 saturated heterocycles. The summed E-state index contributed by atoms with van der Waals surface area (Å²) in [5.41, 5.74) is 2.43. The average Bonchev–Trinajstić information content (AvgIpc) is 3.37. The number of amides is 1. The zero-order valence-corrected chi connectivity index (χ0v) is 19.3. The van der Waals surface area contributed by atoms with Crippen molar-refractivity contribution in [3.8, 4) is 5.69 Å². The summed E-state index contributed by atoms with van der Waals surface area (Å²) in [4.78, 5) is 32.7. The number of thioether (sulfide) groups is 1. The summed E-state index contributed by atoms with van der Waals surface area (Å²) in [5, 5.41) is 3.42. The lowest BCUT2D eigenvalue weighted by atomic mass is 10.2. The summed E-state index contributed by atoms with van der Waals surface area (Å²) in [5.74, 6) is -2.02. The largest absolute Gasteiger partial charge is 0.323 e. The Hall–Kier alpha value is -3.04. The van der Waals surface area contributed by atoms with Crippen molar-refractivity contribution >= 4 is 44.9 Å². The number of nitrogens with one attached hydrogen (secondary N) is 1. The van der Waals surface area contributed by atoms with E-state index >= 15 is 0 Å². The number of carbonyl (C=O) groups excluding carboxylic acids is 1. The molecule has 2 aromatic heterocycles. The molecule has 1 aliphatic carbocycles. The minimum atomic E-state index is -0.723. The van der Waals surface area contributed by atoms with Crippen molar-refractivity contribution in [2.24, 2.45) is 0 Å². The summed E-state index contributed by atoms with van der Waals surface area (Å²) < 4.78 is 28.8. The van der Waals surface area contributed by atoms with Gasteiger partial charge in [-0.2, -0.15) is 0 Å². The first-order valence-electron chi connectivity index (χ1n) is 10.4. The molecule has 2 heterocycles. The fraction of sp³-hybridized carbons (Fsp3) is 0.208. The van der Waals surface area contributed by atoms with E-state index < -0.39 is 17.5 Å². The Labute approximate surface area is 196 Å². The maximum atomic E-state index is 13.9. The highest BCUT2D eigenvalue weighted by molar-refractivity contribution is 7.99. The molecule has 0 unspecified atom stereocenters. The third-order valence-electron chi connectivity index (χ3n) is 5.54. The average molecular weight is 484 g/mol. The van der Waals surface area contributed by atoms with E-state index in [0.29, 0.717) is 21.1 Å². The number of hydrogen-bond acceptors (Lipinski definition) is 5. The molecule has 4 aromatic rings. The third-order valence-corrected chi connectivity index (χ3v) is 7.66. The molecule has 0 saturated carbocycles. The van der Waals surface area contributed by atoms with Crippen LogP contribution in [-0.4, -0.2) is 21.2 Å². The number of halogens is 2. The maximum absolute atomic E-state index is 13.9. The third kappa shape index (κ3) is 4.18. The number of fused-ring (bicyclic) bond motifs is 3. The van der Waals surface area contributed by atoms with Gasteiger partial charge in [0.05, 0.1) is 22.5 Å². The van der Waals surface area contributed by atoms with Gasteiger partial charge in [-0.25, -0.2) is 13.8 Å². The molecule has 5 rings (SSSR count). The topological polar surface area (TPSA) is 64.0 Å². The zero-order valence-electron chi connectivity index (χ0n) is 17.7. The molecule has 2 aromatic carbocycles. The minimum absolute atomic E-state index is 0.120. The van der Waals surface area contributed by atoms with Crippen LogP contribution >= 0.6 is 23.1 Å². The second-order valence-corrected chi connectivity index (χ2v) is 9.90. The van der Waals surface area contributed by atoms with E-state index in [0.717, 1.165) is 60.4 Å². The van der Waals surface area contributed by atoms with Crippen LogP contribution in [0.25, 0.3) is 15.9 Å². The van der Waals surface area contributed by atoms with E-state index in [-0.39, 0.29) is 17.0 Å². The molecule has 1 amide bonds. The summed E-state index contributed by atoms with van der Waals surface area (Å²) in [6, 6.07) is 10.4. The van der Waals surface area contributed by atoms with Crippen LogP contribution in [0.2, 0.25) is 0 Å². The number of thiophene rings is 1. The highest BCUT2D eigenvalue weighted by atomic mass is 32.2. The first-order chi connectivity index (χ1) is 15.9. The molecule has 0 radical (unpaired) electrons. The van der Waals surface area contributed by atoms with E-state index in [4.69, 9.17) is 4.98 Å². The van der Waals surface area contributed by atoms with Gasteiger partial charge in [-0.15, -0.1) is 11.3 Å². The summed E-state index contributed by atoms with van der Waals surface area (Å²) in [7, 11) is 0. The first kappa shape index (κ1) is 21.8. The highest BCUT2D eigenvalue weighted by Gasteiger charge is 2.24. The number of nitrogens with zero attached hydrogens (tertiary/aromatic N) is 2. The van der Waals surface area contributed by atoms with Gasteiger partial charge in [0.2, 0.25) is 5.91 Å². The maximum Gasteiger partial charge on any atom is 0.267 e. The van der Waals surface area contributed by atoms with Gasteiger partial charge in [-0.1, -0.05) is 29.5 Å². The quantitative estimate of drug-likeness (QED) is 0.311. The zero-order chi connectivity index (χ0) is 23.1. The van der Waals surface area contributed by atoms with Crippen molar-refractivity contribution in [1.82, 2.24) is 9.55 Å². The Kier molecular flexibility index (Phi) is 5.76. The van der Waals surface area contributed by atoms with E-state index in [1.165, 1.54) is 20.8 Å². The van der Waals surface area contributed by atoms with Crippen LogP contribution in [0.1, 0.15) is 22.4 Å². The fourth-order valence-corrected chi connectivity index (χ4v) is 6.07. The van der Waals surface area contributed by atoms with E-state index in [1.807, 2.05) is 31.2 Å². The molecule has 9 heteroatoms. The Morgan fingerprint density at radius 1 is 1.18 bits per heavy atom. The second-order valence-electron chi connectivity index (χ2n) is 7.87. The molecule has 5 nitrogen and oxygen atoms in total. The Balaban J connectivity index is 1.51. The molecule has 33 heavy (non-hydrogen) atoms. The van der Waals surface area contributed by atoms with E-state index in [1.54, 1.807) is 0 Å². The standard InChI is InChI=1S/C24H19F2N3O2S2/c1-13-5-8-15(9-6-13)29-23(31)21-16-3-2-4-19(16)33-22(21)28-24(29)32-12-20(30)27-18-11-14(25)7-10-17(18)26/h5-11H,2-4,12H2,1H3,(H,27,30). The van der Waals surface area contributed by atoms with Gasteiger partial charge >= 0.3 is 0 Å². The number of aryl methyl sites for hydroxylation is 3. The molecule has 168 valence electrons. The van der Waals surface area contributed by atoms with Crippen LogP contribution < -0.4 is 10.9 Å². The van der Waals surface area contributed by atoms with Gasteiger partial charge in [-0.3, -0.25) is 14.2 Å². The van der Waals surface area contributed by atoms with Crippen molar-refractivity contribution in [2.45, 2.75) is 31.3 Å². The number of aromatic nitrogens is 2. The Morgan fingerprint density at radius 2 is 1.97 bits per heavy atom. The van der Waals surface area contributed by atoms with Gasteiger partial charge < -0.3 is 5.32 Å². The monoisotopic (exact) mass is 483 g/mol. The normalized spacial score (nSPS) is 12.8. The van der Waals surface area contributed by atoms with Crippen molar-refractivity contribution in [2.75, 3.05) is 11.1 Å². The van der Waals surface area contributed by atoms with E-state index in [2.05, 4.69) is 5.32 Å². The van der Waals surface area contributed by atoms with Crippen LogP contribution in [0.15, 0.2) is 52.4 Å². The minimum Gasteiger partial charge on any atom is -0.323 e. The molecule has 1 aliphatic rings. The van der Waals surface area contributed by atoms with Crippen LogP contribution in [0.3, 0.4) is 0 Å². The predicted octanol–water partition coefficient (Wildman–Crippen LogP) is 5.25. The first-order valence-corrected chi connectivity index (χ1v) is 12.2. The van der Waals surface area contributed by atoms with E-state index in [9.17, 15) is 18.4 Å². The second kappa shape index (κ2) is 8.72. The van der Waals surface area contributed by atoms with Gasteiger partial charge in [-0.05, 0) is 56.0 Å². The van der Waals surface area contributed by atoms with Crippen molar-refractivity contribution in [1.29, 1.82) is 0 Å². The summed E-state index contributed by atoms with van der Waals surface area (Å²) >= 11 is 2.62. The smallest absolute Gasteiger partial charge is 0.267 e. The molecule has 0 spiro atoms. The molecule has 1 N–H and O–H groups in total. The number of hydrogen-bond donors (Lipinski definition) is 1. The molecule has 0 atom stereocenters. The number of carbonyl (C=O) groups is 1. The summed E-state index contributed by atoms with van der Waals surface area (Å²) in [6.45, 7) is 1.96. The van der Waals surface area contributed by atoms with Crippen LogP contribution in [0, 0.1) is 18.6 Å². The molecule has 0 fully saturated rings. The Morgan fingerprint density at radius 3 is 2.76 bits per heavy atom. The van der Waals surface area contributed by atoms with Crippen molar-refractivity contribution < 1.29 is 13.6 Å². The van der Waals surface area contributed by atoms with Gasteiger partial charge in [0.25, 0.3) is 5.56 Å². The number of rotatable bonds is 5. The summed E-state index contributed by atoms with van der Waals surface area (Å²) in [6.07, 6.45) is 2.85. The fourth-order valence-electron chi connectivity index (χ4n) is 3.95. The number of anilines is 1. The lowest BCUT2D eigenvalue weighted by Crippen LogP contribution is -2.23. The highest BCUT2D eigenvalue weighted by Crippen LogP contribution is 2.36. The van der Waals surface area contributed by atoms with Crippen LogP contribution in [0.4, 0.5) is 14.5 Å². The van der Waals surface area contributed by atoms with Gasteiger partial charge in [0.1, 0.15) is 16.5 Å². The lowest BCUT2D eigenvalue weighted by Gasteiger charge is -2.13. The van der Waals surface area contributed by atoms with Crippen molar-refractivity contribution in [3.63, 3.8) is 0 Å². The lowest BCUT2D eigenvalue weighted by molar-refractivity contribution is -0.113. The van der Waals surface area contributed by atoms with Crippen LogP contribution in [0.5, 0.6) is 0 Å². The SMILES string of the molecule is Cc1ccc(-n2c(SCC(=O)Nc3cc(F)ccc3F)nc3sc4c(c3c2=O)CCC4)cc1. The van der Waals surface area contributed by atoms with Gasteiger partial charge in [0, 0.05) is 10.9 Å². The molecular weight excluding hydrogens is 464 g/mol. The van der Waals surface area contributed by atoms with Gasteiger partial charge in [0.15, 0.2) is 5.16 Å². The predicted molar refractivity (Wildman–Crippen MR) is 128 cm³/mol. The van der Waals surface area contributed by atoms with Crippen LogP contribution in [-0.2, 0) is 17.6 Å². The molecular formula is C24H19F2N3O2S2.